The predicted octanol–water partition coefficient (Wildman–Crippen LogP) is 8.26. The number of hydrogen-bond acceptors (Lipinski definition) is 6. The van der Waals surface area contributed by atoms with Crippen molar-refractivity contribution in [2.45, 2.75) is 19.3 Å². The Hall–Kier alpha value is -3.97. The maximum atomic E-state index is 12.3. The number of hydrogen-bond donors (Lipinski definition) is 1. The fraction of sp³-hybridized carbons (Fsp3) is 0.250. The number of rotatable bonds is 9. The smallest absolute Gasteiger partial charge is 0.193 e. The highest BCUT2D eigenvalue weighted by Gasteiger charge is 2.20. The van der Waals surface area contributed by atoms with Gasteiger partial charge in [0.1, 0.15) is 22.8 Å². The van der Waals surface area contributed by atoms with E-state index in [-0.39, 0.29) is 35.3 Å². The summed E-state index contributed by atoms with van der Waals surface area (Å²) in [5.74, 6) is 0.187. The lowest BCUT2D eigenvalue weighted by atomic mass is 10.0. The van der Waals surface area contributed by atoms with Gasteiger partial charge in [0.25, 0.3) is 0 Å². The average molecular weight is 636 g/mol. The van der Waals surface area contributed by atoms with Gasteiger partial charge in [0.05, 0.1) is 14.2 Å². The summed E-state index contributed by atoms with van der Waals surface area (Å²) >= 11 is 6.27. The lowest BCUT2D eigenvalue weighted by Gasteiger charge is -2.27. The van der Waals surface area contributed by atoms with Gasteiger partial charge in [-0.05, 0) is 80.9 Å². The first-order valence-corrected chi connectivity index (χ1v) is 14.7. The van der Waals surface area contributed by atoms with Crippen molar-refractivity contribution in [1.82, 2.24) is 4.90 Å². The SMILES string of the molecule is CN(C)CCCN1c2ccccc2CCc2ccc(Cl)cc21.COc1cc(O)c(C(=O)C=Cc2ccccc2)c(OC)c1.Cl. The molecule has 232 valence electrons. The fourth-order valence-electron chi connectivity index (χ4n) is 5.09. The summed E-state index contributed by atoms with van der Waals surface area (Å²) < 4.78 is 10.2. The number of ether oxygens (including phenoxy) is 2. The second-order valence-electron chi connectivity index (χ2n) is 10.5. The molecule has 1 heterocycles. The fourth-order valence-corrected chi connectivity index (χ4v) is 5.26. The lowest BCUT2D eigenvalue weighted by Crippen LogP contribution is -2.24. The molecule has 1 aliphatic heterocycles. The molecule has 0 unspecified atom stereocenters. The zero-order chi connectivity index (χ0) is 30.8. The van der Waals surface area contributed by atoms with Crippen molar-refractivity contribution < 1.29 is 19.4 Å². The van der Waals surface area contributed by atoms with Crippen LogP contribution in [0.15, 0.2) is 91.0 Å². The number of aryl methyl sites for hydroxylation is 2. The molecule has 5 rings (SSSR count). The van der Waals surface area contributed by atoms with Crippen molar-refractivity contribution in [3.8, 4) is 17.2 Å². The minimum Gasteiger partial charge on any atom is -0.507 e. The van der Waals surface area contributed by atoms with Gasteiger partial charge in [-0.1, -0.05) is 72.3 Å². The normalized spacial score (nSPS) is 11.9. The molecule has 0 amide bonds. The molecule has 1 N–H and O–H groups in total. The number of phenolic OH excluding ortho intramolecular Hbond substituents is 1. The molecule has 6 nitrogen and oxygen atoms in total. The van der Waals surface area contributed by atoms with Gasteiger partial charge in [-0.25, -0.2) is 0 Å². The monoisotopic (exact) mass is 634 g/mol. The van der Waals surface area contributed by atoms with Crippen LogP contribution in [0.5, 0.6) is 17.2 Å². The van der Waals surface area contributed by atoms with Crippen molar-refractivity contribution in [3.05, 3.63) is 118 Å². The summed E-state index contributed by atoms with van der Waals surface area (Å²) in [7, 11) is 7.17. The van der Waals surface area contributed by atoms with Crippen LogP contribution in [-0.4, -0.2) is 57.2 Å². The zero-order valence-electron chi connectivity index (χ0n) is 25.6. The number of benzene rings is 4. The van der Waals surface area contributed by atoms with Crippen molar-refractivity contribution in [1.29, 1.82) is 0 Å². The van der Waals surface area contributed by atoms with Crippen molar-refractivity contribution in [2.75, 3.05) is 46.3 Å². The van der Waals surface area contributed by atoms with E-state index in [2.05, 4.69) is 60.3 Å². The van der Waals surface area contributed by atoms with Gasteiger partial charge in [-0.15, -0.1) is 12.4 Å². The van der Waals surface area contributed by atoms with E-state index in [1.165, 1.54) is 48.9 Å². The molecule has 8 heteroatoms. The Bertz CT molecular complexity index is 1560. The molecule has 0 aromatic heterocycles. The van der Waals surface area contributed by atoms with Crippen molar-refractivity contribution >= 4 is 47.2 Å². The van der Waals surface area contributed by atoms with Crippen LogP contribution in [0.25, 0.3) is 6.08 Å². The van der Waals surface area contributed by atoms with E-state index in [0.29, 0.717) is 5.75 Å². The molecule has 4 aromatic rings. The quantitative estimate of drug-likeness (QED) is 0.148. The number of phenols is 1. The number of nitrogens with zero attached hydrogens (tertiary/aromatic N) is 2. The Kier molecular flexibility index (Phi) is 13.2. The van der Waals surface area contributed by atoms with Crippen LogP contribution < -0.4 is 14.4 Å². The van der Waals surface area contributed by atoms with E-state index in [1.54, 1.807) is 12.1 Å². The number of methoxy groups -OCH3 is 2. The number of carbonyl (C=O) groups is 1. The lowest BCUT2D eigenvalue weighted by molar-refractivity contribution is 0.104. The Labute approximate surface area is 271 Å². The molecular formula is C36H40Cl2N2O4. The first kappa shape index (κ1) is 34.5. The molecule has 0 saturated heterocycles. The molecule has 4 aromatic carbocycles. The standard InChI is InChI=1S/C19H23ClN2.C17H16O4.ClH/c1-21(2)12-5-13-22-18-7-4-3-6-15(18)8-9-16-10-11-17(20)14-19(16)22;1-20-13-10-15(19)17(16(11-13)21-2)14(18)9-8-12-6-4-3-5-7-12;/h3-4,6-7,10-11,14H,5,8-9,12-13H2,1-2H3;3-11,19H,1-2H3;1H. The Balaban J connectivity index is 0.000000235. The van der Waals surface area contributed by atoms with Gasteiger partial charge in [0.2, 0.25) is 0 Å². The summed E-state index contributed by atoms with van der Waals surface area (Å²) in [4.78, 5) is 16.9. The largest absolute Gasteiger partial charge is 0.507 e. The second-order valence-corrected chi connectivity index (χ2v) is 11.0. The first-order chi connectivity index (χ1) is 20.8. The van der Waals surface area contributed by atoms with Gasteiger partial charge >= 0.3 is 0 Å². The van der Waals surface area contributed by atoms with E-state index < -0.39 is 0 Å². The number of anilines is 2. The number of fused-ring (bicyclic) bond motifs is 2. The van der Waals surface area contributed by atoms with Gasteiger partial charge in [-0.3, -0.25) is 4.79 Å². The van der Waals surface area contributed by atoms with Crippen LogP contribution >= 0.6 is 24.0 Å². The predicted molar refractivity (Wildman–Crippen MR) is 184 cm³/mol. The molecule has 1 aliphatic rings. The average Bonchev–Trinajstić information content (AvgIpc) is 3.16. The molecule has 0 spiro atoms. The third kappa shape index (κ3) is 9.02. The highest BCUT2D eigenvalue weighted by molar-refractivity contribution is 6.30. The molecule has 0 radical (unpaired) electrons. The maximum Gasteiger partial charge on any atom is 0.193 e. The molecule has 0 bridgehead atoms. The zero-order valence-corrected chi connectivity index (χ0v) is 27.2. The van der Waals surface area contributed by atoms with Crippen molar-refractivity contribution in [3.63, 3.8) is 0 Å². The van der Waals surface area contributed by atoms with E-state index >= 15 is 0 Å². The van der Waals surface area contributed by atoms with Crippen molar-refractivity contribution in [2.24, 2.45) is 0 Å². The van der Waals surface area contributed by atoms with Gasteiger partial charge in [0.15, 0.2) is 5.78 Å². The van der Waals surface area contributed by atoms with Crippen LogP contribution in [0, 0.1) is 0 Å². The number of para-hydroxylation sites is 1. The highest BCUT2D eigenvalue weighted by Crippen LogP contribution is 2.37. The molecule has 0 aliphatic carbocycles. The van der Waals surface area contributed by atoms with Crippen LogP contribution in [0.1, 0.15) is 33.5 Å². The van der Waals surface area contributed by atoms with Crippen LogP contribution in [0.2, 0.25) is 5.02 Å². The summed E-state index contributed by atoms with van der Waals surface area (Å²) in [6, 6.07) is 27.4. The third-order valence-electron chi connectivity index (χ3n) is 7.25. The van der Waals surface area contributed by atoms with E-state index in [1.807, 2.05) is 36.4 Å². The molecule has 0 fully saturated rings. The highest BCUT2D eigenvalue weighted by atomic mass is 35.5. The third-order valence-corrected chi connectivity index (χ3v) is 7.49. The maximum absolute atomic E-state index is 12.3. The second kappa shape index (κ2) is 16.8. The van der Waals surface area contributed by atoms with Crippen LogP contribution in [0.4, 0.5) is 11.4 Å². The number of allylic oxidation sites excluding steroid dienone is 1. The molecule has 44 heavy (non-hydrogen) atoms. The number of carbonyl (C=O) groups excluding carboxylic acids is 1. The van der Waals surface area contributed by atoms with Gasteiger partial charge in [0, 0.05) is 35.1 Å². The van der Waals surface area contributed by atoms with E-state index in [9.17, 15) is 9.90 Å². The van der Waals surface area contributed by atoms with Gasteiger partial charge < -0.3 is 24.4 Å². The number of ketones is 1. The van der Waals surface area contributed by atoms with Gasteiger partial charge in [-0.2, -0.15) is 0 Å². The minimum atomic E-state index is -0.337. The first-order valence-electron chi connectivity index (χ1n) is 14.3. The summed E-state index contributed by atoms with van der Waals surface area (Å²) in [5.41, 5.74) is 6.45. The minimum absolute atomic E-state index is 0. The van der Waals surface area contributed by atoms with Crippen LogP contribution in [0.3, 0.4) is 0 Å². The number of aromatic hydroxyl groups is 1. The molecule has 0 atom stereocenters. The van der Waals surface area contributed by atoms with Crippen LogP contribution in [-0.2, 0) is 12.8 Å². The summed E-state index contributed by atoms with van der Waals surface area (Å²) in [6.45, 7) is 2.11. The van der Waals surface area contributed by atoms with E-state index in [0.717, 1.165) is 42.9 Å². The Morgan fingerprint density at radius 1 is 0.909 bits per heavy atom. The Morgan fingerprint density at radius 2 is 1.59 bits per heavy atom. The summed E-state index contributed by atoms with van der Waals surface area (Å²) in [6.07, 6.45) is 6.39. The molecular weight excluding hydrogens is 595 g/mol. The molecule has 0 saturated carbocycles. The Morgan fingerprint density at radius 3 is 2.27 bits per heavy atom. The summed E-state index contributed by atoms with van der Waals surface area (Å²) in [5, 5.41) is 10.8. The topological polar surface area (TPSA) is 62.2 Å². The number of halogens is 2. The van der Waals surface area contributed by atoms with E-state index in [4.69, 9.17) is 21.1 Å².